The molecule has 0 N–H and O–H groups in total. The van der Waals surface area contributed by atoms with Crippen LogP contribution in [0.2, 0.25) is 0 Å². The molecule has 0 saturated carbocycles. The third-order valence-electron chi connectivity index (χ3n) is 2.28. The molecule has 18 heavy (non-hydrogen) atoms. The van der Waals surface area contributed by atoms with Gasteiger partial charge in [0.25, 0.3) is 0 Å². The van der Waals surface area contributed by atoms with Crippen molar-refractivity contribution in [3.63, 3.8) is 0 Å². The standard InChI is InChI=1S/C13H17FO4/c1-3-17-6-7-18-9-12(15)10-4-5-13(16-2)11(14)8-10/h4-5,8H,3,6-7,9H2,1-2H3. The summed E-state index contributed by atoms with van der Waals surface area (Å²) in [6, 6.07) is 4.08. The van der Waals surface area contributed by atoms with E-state index in [1.807, 2.05) is 6.92 Å². The number of hydrogen-bond donors (Lipinski definition) is 0. The van der Waals surface area contributed by atoms with Gasteiger partial charge in [0.05, 0.1) is 20.3 Å². The number of carbonyl (C=O) groups excluding carboxylic acids is 1. The third kappa shape index (κ3) is 4.43. The summed E-state index contributed by atoms with van der Waals surface area (Å²) in [6.45, 7) is 3.20. The molecule has 5 heteroatoms. The normalized spacial score (nSPS) is 10.4. The first kappa shape index (κ1) is 14.6. The van der Waals surface area contributed by atoms with E-state index in [2.05, 4.69) is 0 Å². The zero-order chi connectivity index (χ0) is 13.4. The molecule has 0 aliphatic carbocycles. The first-order valence-electron chi connectivity index (χ1n) is 5.71. The molecule has 0 amide bonds. The Kier molecular flexibility index (Phi) is 6.32. The van der Waals surface area contributed by atoms with E-state index in [1.165, 1.54) is 19.2 Å². The summed E-state index contributed by atoms with van der Waals surface area (Å²) in [6.07, 6.45) is 0. The molecule has 0 spiro atoms. The SMILES string of the molecule is CCOCCOCC(=O)c1ccc(OC)c(F)c1. The van der Waals surface area contributed by atoms with Gasteiger partial charge in [0.15, 0.2) is 17.3 Å². The largest absolute Gasteiger partial charge is 0.494 e. The van der Waals surface area contributed by atoms with Crippen LogP contribution < -0.4 is 4.74 Å². The first-order valence-corrected chi connectivity index (χ1v) is 5.71. The van der Waals surface area contributed by atoms with Crippen LogP contribution in [0, 0.1) is 5.82 Å². The summed E-state index contributed by atoms with van der Waals surface area (Å²) in [4.78, 5) is 11.7. The van der Waals surface area contributed by atoms with Crippen LogP contribution in [0.3, 0.4) is 0 Å². The highest BCUT2D eigenvalue weighted by Crippen LogP contribution is 2.17. The van der Waals surface area contributed by atoms with Gasteiger partial charge in [0.1, 0.15) is 6.61 Å². The molecule has 0 aromatic heterocycles. The predicted molar refractivity (Wildman–Crippen MR) is 64.6 cm³/mol. The molecule has 0 heterocycles. The Morgan fingerprint density at radius 2 is 2.00 bits per heavy atom. The lowest BCUT2D eigenvalue weighted by molar-refractivity contribution is 0.0475. The Balaban J connectivity index is 2.44. The molecular formula is C13H17FO4. The lowest BCUT2D eigenvalue weighted by Gasteiger charge is -2.06. The molecule has 4 nitrogen and oxygen atoms in total. The molecule has 1 aromatic rings. The quantitative estimate of drug-likeness (QED) is 0.527. The Hall–Kier alpha value is -1.46. The van der Waals surface area contributed by atoms with Crippen molar-refractivity contribution < 1.29 is 23.4 Å². The summed E-state index contributed by atoms with van der Waals surface area (Å²) >= 11 is 0. The minimum Gasteiger partial charge on any atom is -0.494 e. The second-order valence-electron chi connectivity index (χ2n) is 3.52. The average Bonchev–Trinajstić information content (AvgIpc) is 2.38. The number of ketones is 1. The molecule has 0 unspecified atom stereocenters. The number of rotatable bonds is 8. The Morgan fingerprint density at radius 1 is 1.28 bits per heavy atom. The molecule has 1 rings (SSSR count). The molecule has 100 valence electrons. The third-order valence-corrected chi connectivity index (χ3v) is 2.28. The molecule has 0 radical (unpaired) electrons. The summed E-state index contributed by atoms with van der Waals surface area (Å²) < 4.78 is 28.3. The fourth-order valence-electron chi connectivity index (χ4n) is 1.35. The van der Waals surface area contributed by atoms with Crippen molar-refractivity contribution in [3.05, 3.63) is 29.6 Å². The summed E-state index contributed by atoms with van der Waals surface area (Å²) in [5.41, 5.74) is 0.268. The van der Waals surface area contributed by atoms with Gasteiger partial charge in [-0.05, 0) is 25.1 Å². The van der Waals surface area contributed by atoms with Gasteiger partial charge in [-0.3, -0.25) is 4.79 Å². The van der Waals surface area contributed by atoms with Crippen LogP contribution >= 0.6 is 0 Å². The number of Topliss-reactive ketones (excluding diaryl/α,β-unsaturated/α-hetero) is 1. The first-order chi connectivity index (χ1) is 8.69. The summed E-state index contributed by atoms with van der Waals surface area (Å²) in [7, 11) is 1.37. The van der Waals surface area contributed by atoms with Gasteiger partial charge >= 0.3 is 0 Å². The molecule has 0 fully saturated rings. The second-order valence-corrected chi connectivity index (χ2v) is 3.52. The van der Waals surface area contributed by atoms with Gasteiger partial charge < -0.3 is 14.2 Å². The number of halogens is 1. The van der Waals surface area contributed by atoms with Crippen LogP contribution in [0.1, 0.15) is 17.3 Å². The lowest BCUT2D eigenvalue weighted by atomic mass is 10.1. The van der Waals surface area contributed by atoms with Gasteiger partial charge in [-0.2, -0.15) is 0 Å². The molecule has 0 aliphatic rings. The molecular weight excluding hydrogens is 239 g/mol. The predicted octanol–water partition coefficient (Wildman–Crippen LogP) is 2.07. The van der Waals surface area contributed by atoms with E-state index >= 15 is 0 Å². The molecule has 0 bridgehead atoms. The van der Waals surface area contributed by atoms with Crippen LogP contribution in [-0.4, -0.2) is 39.3 Å². The van der Waals surface area contributed by atoms with Gasteiger partial charge in [-0.15, -0.1) is 0 Å². The van der Waals surface area contributed by atoms with Crippen molar-refractivity contribution in [2.24, 2.45) is 0 Å². The Bertz CT molecular complexity index is 393. The minimum atomic E-state index is -0.558. The van der Waals surface area contributed by atoms with Crippen molar-refractivity contribution >= 4 is 5.78 Å². The maximum absolute atomic E-state index is 13.4. The number of methoxy groups -OCH3 is 1. The van der Waals surface area contributed by atoms with Gasteiger partial charge in [-0.25, -0.2) is 4.39 Å². The molecule has 0 aliphatic heterocycles. The summed E-state index contributed by atoms with van der Waals surface area (Å²) in [5.74, 6) is -0.713. The van der Waals surface area contributed by atoms with Crippen molar-refractivity contribution in [1.82, 2.24) is 0 Å². The van der Waals surface area contributed by atoms with Crippen LogP contribution in [-0.2, 0) is 9.47 Å². The lowest BCUT2D eigenvalue weighted by Crippen LogP contribution is -2.13. The number of carbonyl (C=O) groups is 1. The monoisotopic (exact) mass is 256 g/mol. The van der Waals surface area contributed by atoms with E-state index in [0.717, 1.165) is 6.07 Å². The molecule has 0 atom stereocenters. The van der Waals surface area contributed by atoms with Gasteiger partial charge in [0.2, 0.25) is 0 Å². The maximum atomic E-state index is 13.4. The zero-order valence-corrected chi connectivity index (χ0v) is 10.6. The topological polar surface area (TPSA) is 44.8 Å². The Morgan fingerprint density at radius 3 is 2.61 bits per heavy atom. The maximum Gasteiger partial charge on any atom is 0.188 e. The summed E-state index contributed by atoms with van der Waals surface area (Å²) in [5, 5.41) is 0. The van der Waals surface area contributed by atoms with Crippen molar-refractivity contribution in [3.8, 4) is 5.75 Å². The second kappa shape index (κ2) is 7.79. The highest BCUT2D eigenvalue weighted by Gasteiger charge is 2.10. The van der Waals surface area contributed by atoms with Gasteiger partial charge in [0, 0.05) is 12.2 Å². The highest BCUT2D eigenvalue weighted by molar-refractivity contribution is 5.97. The highest BCUT2D eigenvalue weighted by atomic mass is 19.1. The van der Waals surface area contributed by atoms with Gasteiger partial charge in [-0.1, -0.05) is 0 Å². The van der Waals surface area contributed by atoms with E-state index in [-0.39, 0.29) is 23.7 Å². The minimum absolute atomic E-state index is 0.0845. The van der Waals surface area contributed by atoms with E-state index in [0.29, 0.717) is 19.8 Å². The fraction of sp³-hybridized carbons (Fsp3) is 0.462. The van der Waals surface area contributed by atoms with Crippen LogP contribution in [0.25, 0.3) is 0 Å². The number of ether oxygens (including phenoxy) is 3. The van der Waals surface area contributed by atoms with Crippen molar-refractivity contribution in [2.75, 3.05) is 33.5 Å². The molecule has 1 aromatic carbocycles. The van der Waals surface area contributed by atoms with Crippen LogP contribution in [0.4, 0.5) is 4.39 Å². The smallest absolute Gasteiger partial charge is 0.188 e. The van der Waals surface area contributed by atoms with Crippen molar-refractivity contribution in [1.29, 1.82) is 0 Å². The van der Waals surface area contributed by atoms with E-state index in [1.54, 1.807) is 0 Å². The van der Waals surface area contributed by atoms with E-state index in [4.69, 9.17) is 14.2 Å². The van der Waals surface area contributed by atoms with Crippen molar-refractivity contribution in [2.45, 2.75) is 6.92 Å². The molecule has 0 saturated heterocycles. The average molecular weight is 256 g/mol. The fourth-order valence-corrected chi connectivity index (χ4v) is 1.35. The number of hydrogen-bond acceptors (Lipinski definition) is 4. The Labute approximate surface area is 106 Å². The van der Waals surface area contributed by atoms with Crippen LogP contribution in [0.5, 0.6) is 5.75 Å². The zero-order valence-electron chi connectivity index (χ0n) is 10.6. The van der Waals surface area contributed by atoms with Crippen LogP contribution in [0.15, 0.2) is 18.2 Å². The van der Waals surface area contributed by atoms with E-state index < -0.39 is 5.82 Å². The number of benzene rings is 1. The van der Waals surface area contributed by atoms with E-state index in [9.17, 15) is 9.18 Å².